The Balaban J connectivity index is 2.05. The van der Waals surface area contributed by atoms with Gasteiger partial charge < -0.3 is 4.57 Å². The van der Waals surface area contributed by atoms with E-state index >= 15 is 0 Å². The first kappa shape index (κ1) is 21.1. The van der Waals surface area contributed by atoms with E-state index in [1.807, 2.05) is 18.2 Å². The van der Waals surface area contributed by atoms with Crippen LogP contribution in [0.3, 0.4) is 0 Å². The lowest BCUT2D eigenvalue weighted by Gasteiger charge is -2.23. The van der Waals surface area contributed by atoms with Crippen molar-refractivity contribution < 1.29 is 0 Å². The summed E-state index contributed by atoms with van der Waals surface area (Å²) in [5.74, 6) is 0. The molecule has 0 aliphatic heterocycles. The molecule has 4 aromatic rings. The Morgan fingerprint density at radius 1 is 0.645 bits per heavy atom. The molecular weight excluding hydrogens is 378 g/mol. The molecule has 158 valence electrons. The molecule has 1 heterocycles. The number of pyridine rings is 1. The molecule has 0 amide bonds. The third-order valence-corrected chi connectivity index (χ3v) is 5.94. The average Bonchev–Trinajstić information content (AvgIpc) is 2.73. The molecule has 3 aromatic carbocycles. The van der Waals surface area contributed by atoms with E-state index in [-0.39, 0.29) is 16.3 Å². The number of aromatic nitrogens is 1. The van der Waals surface area contributed by atoms with Crippen molar-refractivity contribution in [3.05, 3.63) is 100 Å². The first-order valence-corrected chi connectivity index (χ1v) is 10.9. The molecule has 0 spiro atoms. The van der Waals surface area contributed by atoms with Gasteiger partial charge in [-0.3, -0.25) is 4.79 Å². The standard InChI is InChI=1S/C29H31NO/c1-28(2,3)21-12-15-23(16-13-21)30-25-17-14-22(29(4,5)6)18-24(25)27(31)19-26(30)20-10-8-7-9-11-20/h7-19H,1-6H3. The van der Waals surface area contributed by atoms with Crippen molar-refractivity contribution in [2.75, 3.05) is 0 Å². The van der Waals surface area contributed by atoms with Crippen LogP contribution in [-0.2, 0) is 10.8 Å². The number of fused-ring (bicyclic) bond motifs is 1. The van der Waals surface area contributed by atoms with Gasteiger partial charge in [0.15, 0.2) is 5.43 Å². The van der Waals surface area contributed by atoms with Crippen molar-refractivity contribution in [3.8, 4) is 16.9 Å². The molecule has 2 heteroatoms. The minimum absolute atomic E-state index is 0.0160. The van der Waals surface area contributed by atoms with Crippen molar-refractivity contribution in [3.63, 3.8) is 0 Å². The molecule has 0 saturated heterocycles. The van der Waals surface area contributed by atoms with Crippen LogP contribution in [-0.4, -0.2) is 4.57 Å². The van der Waals surface area contributed by atoms with Gasteiger partial charge in [-0.1, -0.05) is 90.1 Å². The normalized spacial score (nSPS) is 12.3. The van der Waals surface area contributed by atoms with Gasteiger partial charge in [0.25, 0.3) is 0 Å². The van der Waals surface area contributed by atoms with Crippen LogP contribution in [0.25, 0.3) is 27.8 Å². The molecule has 0 aliphatic carbocycles. The average molecular weight is 410 g/mol. The monoisotopic (exact) mass is 409 g/mol. The Labute approximate surface area is 185 Å². The third kappa shape index (κ3) is 4.07. The molecule has 4 rings (SSSR count). The third-order valence-electron chi connectivity index (χ3n) is 5.94. The molecule has 0 radical (unpaired) electrons. The Hall–Kier alpha value is -3.13. The number of nitrogens with zero attached hydrogens (tertiary/aromatic N) is 1. The molecule has 0 saturated carbocycles. The van der Waals surface area contributed by atoms with Crippen molar-refractivity contribution >= 4 is 10.9 Å². The van der Waals surface area contributed by atoms with Gasteiger partial charge in [-0.2, -0.15) is 0 Å². The zero-order valence-electron chi connectivity index (χ0n) is 19.4. The van der Waals surface area contributed by atoms with Gasteiger partial charge >= 0.3 is 0 Å². The van der Waals surface area contributed by atoms with Gasteiger partial charge in [0.2, 0.25) is 0 Å². The second-order valence-corrected chi connectivity index (χ2v) is 10.4. The quantitative estimate of drug-likeness (QED) is 0.342. The van der Waals surface area contributed by atoms with E-state index in [1.165, 1.54) is 11.1 Å². The van der Waals surface area contributed by atoms with Crippen molar-refractivity contribution in [1.29, 1.82) is 0 Å². The van der Waals surface area contributed by atoms with Crippen LogP contribution in [0.5, 0.6) is 0 Å². The molecule has 0 bridgehead atoms. The van der Waals surface area contributed by atoms with Crippen LogP contribution in [0, 0.1) is 0 Å². The molecule has 0 N–H and O–H groups in total. The van der Waals surface area contributed by atoms with Crippen molar-refractivity contribution in [1.82, 2.24) is 4.57 Å². The molecule has 1 aromatic heterocycles. The fraction of sp³-hybridized carbons (Fsp3) is 0.276. The highest BCUT2D eigenvalue weighted by Crippen LogP contribution is 2.31. The first-order chi connectivity index (χ1) is 14.6. The van der Waals surface area contributed by atoms with E-state index < -0.39 is 0 Å². The van der Waals surface area contributed by atoms with E-state index in [0.29, 0.717) is 0 Å². The molecule has 0 fully saturated rings. The maximum absolute atomic E-state index is 13.2. The van der Waals surface area contributed by atoms with Crippen LogP contribution in [0.15, 0.2) is 83.7 Å². The molecule has 2 nitrogen and oxygen atoms in total. The maximum Gasteiger partial charge on any atom is 0.190 e. The first-order valence-electron chi connectivity index (χ1n) is 10.9. The number of hydrogen-bond donors (Lipinski definition) is 0. The highest BCUT2D eigenvalue weighted by molar-refractivity contribution is 5.85. The minimum atomic E-state index is -0.0160. The highest BCUT2D eigenvalue weighted by atomic mass is 16.1. The van der Waals surface area contributed by atoms with E-state index in [1.54, 1.807) is 6.07 Å². The van der Waals surface area contributed by atoms with Crippen molar-refractivity contribution in [2.24, 2.45) is 0 Å². The Morgan fingerprint density at radius 3 is 1.81 bits per heavy atom. The van der Waals surface area contributed by atoms with Gasteiger partial charge in [0.05, 0.1) is 11.2 Å². The predicted octanol–water partition coefficient (Wildman–Crippen LogP) is 7.25. The summed E-state index contributed by atoms with van der Waals surface area (Å²) in [6.07, 6.45) is 0. The SMILES string of the molecule is CC(C)(C)c1ccc(-n2c(-c3ccccc3)cc(=O)c3cc(C(C)(C)C)ccc32)cc1. The highest BCUT2D eigenvalue weighted by Gasteiger charge is 2.19. The summed E-state index contributed by atoms with van der Waals surface area (Å²) in [7, 11) is 0. The van der Waals surface area contributed by atoms with E-state index in [2.05, 4.69) is 101 Å². The van der Waals surface area contributed by atoms with Crippen LogP contribution in [0.2, 0.25) is 0 Å². The van der Waals surface area contributed by atoms with Gasteiger partial charge in [0.1, 0.15) is 0 Å². The molecule has 0 aliphatic rings. The van der Waals surface area contributed by atoms with Crippen LogP contribution in [0.1, 0.15) is 52.7 Å². The number of rotatable bonds is 2. The lowest BCUT2D eigenvalue weighted by molar-refractivity contribution is 0.590. The Bertz CT molecular complexity index is 1280. The zero-order valence-corrected chi connectivity index (χ0v) is 19.4. The van der Waals surface area contributed by atoms with Gasteiger partial charge in [-0.25, -0.2) is 0 Å². The van der Waals surface area contributed by atoms with E-state index in [0.717, 1.165) is 27.8 Å². The second kappa shape index (κ2) is 7.53. The van der Waals surface area contributed by atoms with E-state index in [4.69, 9.17) is 0 Å². The summed E-state index contributed by atoms with van der Waals surface area (Å²) >= 11 is 0. The predicted molar refractivity (Wildman–Crippen MR) is 132 cm³/mol. The molecule has 0 unspecified atom stereocenters. The second-order valence-electron chi connectivity index (χ2n) is 10.4. The van der Waals surface area contributed by atoms with Crippen LogP contribution >= 0.6 is 0 Å². The molecule has 0 atom stereocenters. The summed E-state index contributed by atoms with van der Waals surface area (Å²) in [6, 6.07) is 26.9. The van der Waals surface area contributed by atoms with Crippen molar-refractivity contribution in [2.45, 2.75) is 52.4 Å². The fourth-order valence-electron chi connectivity index (χ4n) is 4.00. The summed E-state index contributed by atoms with van der Waals surface area (Å²) in [5, 5.41) is 0.756. The Kier molecular flexibility index (Phi) is 5.13. The van der Waals surface area contributed by atoms with Crippen LogP contribution in [0.4, 0.5) is 0 Å². The zero-order chi connectivity index (χ0) is 22.4. The topological polar surface area (TPSA) is 22.0 Å². The van der Waals surface area contributed by atoms with Gasteiger partial charge in [-0.05, 0) is 51.8 Å². The summed E-state index contributed by atoms with van der Waals surface area (Å²) in [4.78, 5) is 13.2. The van der Waals surface area contributed by atoms with Gasteiger partial charge in [-0.15, -0.1) is 0 Å². The number of benzene rings is 3. The fourth-order valence-corrected chi connectivity index (χ4v) is 4.00. The smallest absolute Gasteiger partial charge is 0.190 e. The number of hydrogen-bond acceptors (Lipinski definition) is 1. The lowest BCUT2D eigenvalue weighted by atomic mass is 9.86. The van der Waals surface area contributed by atoms with E-state index in [9.17, 15) is 4.79 Å². The lowest BCUT2D eigenvalue weighted by Crippen LogP contribution is -2.15. The van der Waals surface area contributed by atoms with Crippen LogP contribution < -0.4 is 5.43 Å². The molecule has 31 heavy (non-hydrogen) atoms. The Morgan fingerprint density at radius 2 is 1.23 bits per heavy atom. The summed E-state index contributed by atoms with van der Waals surface area (Å²) < 4.78 is 2.21. The minimum Gasteiger partial charge on any atom is -0.309 e. The maximum atomic E-state index is 13.2. The summed E-state index contributed by atoms with van der Waals surface area (Å²) in [5.41, 5.74) is 6.51. The largest absolute Gasteiger partial charge is 0.309 e. The van der Waals surface area contributed by atoms with Gasteiger partial charge in [0, 0.05) is 17.1 Å². The summed E-state index contributed by atoms with van der Waals surface area (Å²) in [6.45, 7) is 13.2. The molecular formula is C29H31NO.